The summed E-state index contributed by atoms with van der Waals surface area (Å²) in [4.78, 5) is 13.4. The summed E-state index contributed by atoms with van der Waals surface area (Å²) in [5, 5.41) is 0.532. The van der Waals surface area contributed by atoms with E-state index in [1.807, 2.05) is 13.8 Å². The van der Waals surface area contributed by atoms with Crippen LogP contribution in [-0.2, 0) is 4.79 Å². The first-order valence-corrected chi connectivity index (χ1v) is 5.91. The fourth-order valence-electron chi connectivity index (χ4n) is 1.44. The minimum atomic E-state index is -0.0608. The van der Waals surface area contributed by atoms with Gasteiger partial charge in [0.25, 0.3) is 5.91 Å². The van der Waals surface area contributed by atoms with Gasteiger partial charge in [-0.05, 0) is 26.0 Å². The quantitative estimate of drug-likeness (QED) is 0.822. The van der Waals surface area contributed by atoms with Crippen LogP contribution in [0.1, 0.15) is 13.8 Å². The minimum Gasteiger partial charge on any atom is -0.482 e. The van der Waals surface area contributed by atoms with Crippen molar-refractivity contribution in [3.05, 3.63) is 23.2 Å². The van der Waals surface area contributed by atoms with Crippen molar-refractivity contribution in [2.45, 2.75) is 13.8 Å². The molecule has 0 spiro atoms. The van der Waals surface area contributed by atoms with E-state index in [0.717, 1.165) is 0 Å². The number of halogens is 1. The van der Waals surface area contributed by atoms with Gasteiger partial charge in [0.05, 0.1) is 5.69 Å². The Labute approximate surface area is 106 Å². The number of carbonyl (C=O) groups excluding carboxylic acids is 1. The maximum atomic E-state index is 11.7. The van der Waals surface area contributed by atoms with Crippen LogP contribution in [0, 0.1) is 0 Å². The number of amides is 1. The van der Waals surface area contributed by atoms with Crippen LogP contribution in [0.5, 0.6) is 5.75 Å². The topological polar surface area (TPSA) is 55.6 Å². The molecule has 1 amide bonds. The number of hydrogen-bond acceptors (Lipinski definition) is 3. The van der Waals surface area contributed by atoms with Gasteiger partial charge in [0.15, 0.2) is 6.61 Å². The van der Waals surface area contributed by atoms with Gasteiger partial charge in [-0.15, -0.1) is 0 Å². The molecule has 0 heterocycles. The molecule has 0 aliphatic carbocycles. The molecule has 1 aromatic carbocycles. The van der Waals surface area contributed by atoms with Crippen molar-refractivity contribution in [2.75, 3.05) is 25.4 Å². The molecule has 0 aliphatic rings. The number of hydrogen-bond donors (Lipinski definition) is 1. The Morgan fingerprint density at radius 1 is 1.41 bits per heavy atom. The van der Waals surface area contributed by atoms with E-state index in [1.165, 1.54) is 0 Å². The second-order valence-electron chi connectivity index (χ2n) is 3.54. The van der Waals surface area contributed by atoms with Crippen molar-refractivity contribution >= 4 is 23.2 Å². The Morgan fingerprint density at radius 3 is 2.65 bits per heavy atom. The normalized spacial score (nSPS) is 10.1. The molecule has 0 fully saturated rings. The van der Waals surface area contributed by atoms with Crippen LogP contribution < -0.4 is 10.5 Å². The first-order valence-electron chi connectivity index (χ1n) is 5.54. The number of nitrogens with zero attached hydrogens (tertiary/aromatic N) is 1. The van der Waals surface area contributed by atoms with Gasteiger partial charge in [-0.3, -0.25) is 4.79 Å². The predicted molar refractivity (Wildman–Crippen MR) is 69.3 cm³/mol. The Balaban J connectivity index is 2.61. The highest BCUT2D eigenvalue weighted by atomic mass is 35.5. The molecule has 0 aromatic heterocycles. The third kappa shape index (κ3) is 3.82. The lowest BCUT2D eigenvalue weighted by Gasteiger charge is -2.19. The van der Waals surface area contributed by atoms with Crippen LogP contribution in [0.15, 0.2) is 18.2 Å². The maximum Gasteiger partial charge on any atom is 0.260 e. The molecule has 2 N–H and O–H groups in total. The number of ether oxygens (including phenoxy) is 1. The van der Waals surface area contributed by atoms with Crippen LogP contribution in [0.3, 0.4) is 0 Å². The summed E-state index contributed by atoms with van der Waals surface area (Å²) in [6, 6.07) is 4.93. The molecule has 0 radical (unpaired) electrons. The molecule has 0 saturated heterocycles. The second kappa shape index (κ2) is 6.35. The van der Waals surface area contributed by atoms with E-state index < -0.39 is 0 Å². The zero-order valence-corrected chi connectivity index (χ0v) is 10.8. The number of rotatable bonds is 5. The summed E-state index contributed by atoms with van der Waals surface area (Å²) >= 11 is 5.82. The number of nitrogen functional groups attached to an aromatic ring is 1. The lowest BCUT2D eigenvalue weighted by atomic mass is 10.3. The maximum absolute atomic E-state index is 11.7. The summed E-state index contributed by atoms with van der Waals surface area (Å²) in [6.07, 6.45) is 0. The van der Waals surface area contributed by atoms with E-state index in [-0.39, 0.29) is 12.5 Å². The first-order chi connectivity index (χ1) is 8.08. The lowest BCUT2D eigenvalue weighted by molar-refractivity contribution is -0.132. The van der Waals surface area contributed by atoms with Crippen LogP contribution in [-0.4, -0.2) is 30.5 Å². The highest BCUT2D eigenvalue weighted by molar-refractivity contribution is 6.30. The standard InChI is InChI=1S/C12H17ClN2O2/c1-3-15(4-2)12(16)8-17-11-7-9(13)5-6-10(11)14/h5-7H,3-4,8,14H2,1-2H3. The van der Waals surface area contributed by atoms with E-state index in [9.17, 15) is 4.79 Å². The number of likely N-dealkylation sites (N-methyl/N-ethyl adjacent to an activating group) is 1. The van der Waals surface area contributed by atoms with Crippen molar-refractivity contribution in [3.63, 3.8) is 0 Å². The lowest BCUT2D eigenvalue weighted by Crippen LogP contribution is -2.34. The van der Waals surface area contributed by atoms with E-state index in [2.05, 4.69) is 0 Å². The summed E-state index contributed by atoms with van der Waals surface area (Å²) in [6.45, 7) is 5.17. The van der Waals surface area contributed by atoms with Gasteiger partial charge in [0.2, 0.25) is 0 Å². The minimum absolute atomic E-state index is 0.0216. The second-order valence-corrected chi connectivity index (χ2v) is 3.97. The SMILES string of the molecule is CCN(CC)C(=O)COc1cc(Cl)ccc1N. The van der Waals surface area contributed by atoms with E-state index >= 15 is 0 Å². The van der Waals surface area contributed by atoms with E-state index in [1.54, 1.807) is 23.1 Å². The van der Waals surface area contributed by atoms with Crippen LogP contribution >= 0.6 is 11.6 Å². The van der Waals surface area contributed by atoms with Gasteiger partial charge >= 0.3 is 0 Å². The molecule has 0 atom stereocenters. The van der Waals surface area contributed by atoms with Crippen LogP contribution in [0.4, 0.5) is 5.69 Å². The molecule has 0 bridgehead atoms. The monoisotopic (exact) mass is 256 g/mol. The van der Waals surface area contributed by atoms with Gasteiger partial charge in [-0.1, -0.05) is 11.6 Å². The van der Waals surface area contributed by atoms with E-state index in [0.29, 0.717) is 29.5 Å². The highest BCUT2D eigenvalue weighted by Gasteiger charge is 2.11. The molecule has 94 valence electrons. The molecule has 1 rings (SSSR count). The predicted octanol–water partition coefficient (Wildman–Crippen LogP) is 2.17. The highest BCUT2D eigenvalue weighted by Crippen LogP contribution is 2.25. The van der Waals surface area contributed by atoms with Gasteiger partial charge < -0.3 is 15.4 Å². The fraction of sp³-hybridized carbons (Fsp3) is 0.417. The largest absolute Gasteiger partial charge is 0.482 e. The summed E-state index contributed by atoms with van der Waals surface area (Å²) < 4.78 is 5.36. The fourth-order valence-corrected chi connectivity index (χ4v) is 1.60. The zero-order valence-electron chi connectivity index (χ0n) is 10.1. The Kier molecular flexibility index (Phi) is 5.10. The first kappa shape index (κ1) is 13.6. The van der Waals surface area contributed by atoms with E-state index in [4.69, 9.17) is 22.1 Å². The number of carbonyl (C=O) groups is 1. The van der Waals surface area contributed by atoms with Crippen molar-refractivity contribution in [3.8, 4) is 5.75 Å². The van der Waals surface area contributed by atoms with Gasteiger partial charge in [-0.25, -0.2) is 0 Å². The van der Waals surface area contributed by atoms with Crippen LogP contribution in [0.25, 0.3) is 0 Å². The third-order valence-electron chi connectivity index (χ3n) is 2.44. The Morgan fingerprint density at radius 2 is 2.06 bits per heavy atom. The average Bonchev–Trinajstić information content (AvgIpc) is 2.32. The number of benzene rings is 1. The molecule has 5 heteroatoms. The van der Waals surface area contributed by atoms with Crippen molar-refractivity contribution in [2.24, 2.45) is 0 Å². The molecule has 17 heavy (non-hydrogen) atoms. The number of anilines is 1. The van der Waals surface area contributed by atoms with Crippen molar-refractivity contribution in [1.29, 1.82) is 0 Å². The molecule has 0 aliphatic heterocycles. The molecular formula is C12H17ClN2O2. The summed E-state index contributed by atoms with van der Waals surface area (Å²) in [5.41, 5.74) is 6.18. The summed E-state index contributed by atoms with van der Waals surface area (Å²) in [5.74, 6) is 0.382. The smallest absolute Gasteiger partial charge is 0.260 e. The van der Waals surface area contributed by atoms with Crippen LogP contribution in [0.2, 0.25) is 5.02 Å². The Hall–Kier alpha value is -1.42. The van der Waals surface area contributed by atoms with Gasteiger partial charge in [0, 0.05) is 24.2 Å². The molecule has 0 saturated carbocycles. The zero-order chi connectivity index (χ0) is 12.8. The van der Waals surface area contributed by atoms with Crippen molar-refractivity contribution < 1.29 is 9.53 Å². The molecule has 0 unspecified atom stereocenters. The Bertz CT molecular complexity index is 392. The summed E-state index contributed by atoms with van der Waals surface area (Å²) in [7, 11) is 0. The van der Waals surface area contributed by atoms with Crippen molar-refractivity contribution in [1.82, 2.24) is 4.90 Å². The number of nitrogens with two attached hydrogens (primary N) is 1. The molecule has 1 aromatic rings. The average molecular weight is 257 g/mol. The van der Waals surface area contributed by atoms with Gasteiger partial charge in [0.1, 0.15) is 5.75 Å². The molecule has 4 nitrogen and oxygen atoms in total. The van der Waals surface area contributed by atoms with Gasteiger partial charge in [-0.2, -0.15) is 0 Å². The third-order valence-corrected chi connectivity index (χ3v) is 2.68. The molecular weight excluding hydrogens is 240 g/mol.